The lowest BCUT2D eigenvalue weighted by molar-refractivity contribution is -0.385. The summed E-state index contributed by atoms with van der Waals surface area (Å²) in [7, 11) is 0. The molecule has 1 heterocycles. The Kier molecular flexibility index (Phi) is 5.30. The average Bonchev–Trinajstić information content (AvgIpc) is 2.49. The minimum Gasteiger partial charge on any atom is -0.494 e. The minimum atomic E-state index is -0.426. The zero-order chi connectivity index (χ0) is 15.9. The van der Waals surface area contributed by atoms with Crippen molar-refractivity contribution in [2.75, 3.05) is 18.5 Å². The molecule has 6 nitrogen and oxygen atoms in total. The first kappa shape index (κ1) is 15.8. The van der Waals surface area contributed by atoms with E-state index in [4.69, 9.17) is 4.74 Å². The summed E-state index contributed by atoms with van der Waals surface area (Å²) in [4.78, 5) is 14.4. The summed E-state index contributed by atoms with van der Waals surface area (Å²) < 4.78 is 5.58. The van der Waals surface area contributed by atoms with Gasteiger partial charge >= 0.3 is 0 Å². The molecule has 0 aliphatic rings. The maximum atomic E-state index is 10.8. The van der Waals surface area contributed by atoms with Gasteiger partial charge in [-0.25, -0.2) is 4.98 Å². The Bertz CT molecular complexity index is 659. The number of nitrogens with one attached hydrogen (secondary N) is 1. The van der Waals surface area contributed by atoms with Crippen LogP contribution in [0, 0.1) is 17.0 Å². The molecule has 0 radical (unpaired) electrons. The van der Waals surface area contributed by atoms with Crippen molar-refractivity contribution < 1.29 is 9.66 Å². The van der Waals surface area contributed by atoms with Gasteiger partial charge in [0.2, 0.25) is 0 Å². The second kappa shape index (κ2) is 7.40. The number of aromatic nitrogens is 1. The second-order valence-corrected chi connectivity index (χ2v) is 4.83. The Morgan fingerprint density at radius 2 is 2.14 bits per heavy atom. The number of aryl methyl sites for hydroxylation is 1. The fourth-order valence-electron chi connectivity index (χ4n) is 2.17. The number of pyridine rings is 1. The van der Waals surface area contributed by atoms with Crippen LogP contribution in [0.25, 0.3) is 0 Å². The number of rotatable bonds is 7. The predicted molar refractivity (Wildman–Crippen MR) is 85.4 cm³/mol. The first-order chi connectivity index (χ1) is 10.6. The molecular formula is C16H19N3O3. The van der Waals surface area contributed by atoms with Crippen molar-refractivity contribution in [3.8, 4) is 5.75 Å². The molecule has 0 saturated heterocycles. The average molecular weight is 301 g/mol. The number of ether oxygens (including phenoxy) is 1. The molecule has 1 aromatic carbocycles. The standard InChI is InChI=1S/C16H19N3O3/c1-3-22-15-7-5-4-6-13(15)8-9-17-16-10-12(2)14(11-18-16)19(20)21/h4-7,10-11H,3,8-9H2,1-2H3,(H,17,18). The van der Waals surface area contributed by atoms with Crippen molar-refractivity contribution in [3.05, 3.63) is 57.8 Å². The van der Waals surface area contributed by atoms with E-state index < -0.39 is 4.92 Å². The lowest BCUT2D eigenvalue weighted by Gasteiger charge is -2.11. The van der Waals surface area contributed by atoms with Crippen LogP contribution in [0.2, 0.25) is 0 Å². The van der Waals surface area contributed by atoms with Crippen LogP contribution in [-0.2, 0) is 6.42 Å². The maximum absolute atomic E-state index is 10.8. The van der Waals surface area contributed by atoms with Crippen molar-refractivity contribution in [2.24, 2.45) is 0 Å². The van der Waals surface area contributed by atoms with E-state index in [9.17, 15) is 10.1 Å². The molecule has 1 aromatic heterocycles. The molecule has 2 aromatic rings. The van der Waals surface area contributed by atoms with Gasteiger partial charge in [-0.05, 0) is 38.0 Å². The molecule has 22 heavy (non-hydrogen) atoms. The molecule has 0 unspecified atom stereocenters. The van der Waals surface area contributed by atoms with Gasteiger partial charge in [0.25, 0.3) is 5.69 Å². The van der Waals surface area contributed by atoms with E-state index in [-0.39, 0.29) is 5.69 Å². The van der Waals surface area contributed by atoms with Gasteiger partial charge in [0.15, 0.2) is 0 Å². The highest BCUT2D eigenvalue weighted by atomic mass is 16.6. The van der Waals surface area contributed by atoms with Crippen LogP contribution in [0.1, 0.15) is 18.1 Å². The Morgan fingerprint density at radius 3 is 2.82 bits per heavy atom. The molecule has 0 fully saturated rings. The Labute approximate surface area is 129 Å². The van der Waals surface area contributed by atoms with Gasteiger partial charge in [-0.15, -0.1) is 0 Å². The van der Waals surface area contributed by atoms with Gasteiger partial charge in [-0.2, -0.15) is 0 Å². The zero-order valence-electron chi connectivity index (χ0n) is 12.7. The number of hydrogen-bond donors (Lipinski definition) is 1. The highest BCUT2D eigenvalue weighted by molar-refractivity contribution is 5.47. The lowest BCUT2D eigenvalue weighted by atomic mass is 10.1. The fourth-order valence-corrected chi connectivity index (χ4v) is 2.17. The third-order valence-electron chi connectivity index (χ3n) is 3.25. The Hall–Kier alpha value is -2.63. The number of para-hydroxylation sites is 1. The van der Waals surface area contributed by atoms with Crippen molar-refractivity contribution >= 4 is 11.5 Å². The highest BCUT2D eigenvalue weighted by Crippen LogP contribution is 2.20. The van der Waals surface area contributed by atoms with Crippen LogP contribution in [0.15, 0.2) is 36.5 Å². The number of nitro groups is 1. The second-order valence-electron chi connectivity index (χ2n) is 4.83. The topological polar surface area (TPSA) is 77.3 Å². The molecule has 0 amide bonds. The van der Waals surface area contributed by atoms with E-state index in [0.717, 1.165) is 17.7 Å². The van der Waals surface area contributed by atoms with Crippen LogP contribution in [0.3, 0.4) is 0 Å². The van der Waals surface area contributed by atoms with Crippen molar-refractivity contribution in [1.29, 1.82) is 0 Å². The van der Waals surface area contributed by atoms with Gasteiger partial charge in [0.1, 0.15) is 17.8 Å². The molecule has 116 valence electrons. The first-order valence-electron chi connectivity index (χ1n) is 7.17. The fraction of sp³-hybridized carbons (Fsp3) is 0.312. The normalized spacial score (nSPS) is 10.3. The molecule has 2 rings (SSSR count). The summed E-state index contributed by atoms with van der Waals surface area (Å²) in [5.74, 6) is 1.52. The van der Waals surface area contributed by atoms with E-state index >= 15 is 0 Å². The van der Waals surface area contributed by atoms with Gasteiger partial charge < -0.3 is 10.1 Å². The number of benzene rings is 1. The molecular weight excluding hydrogens is 282 g/mol. The van der Waals surface area contributed by atoms with Crippen LogP contribution in [0.4, 0.5) is 11.5 Å². The molecule has 0 aliphatic heterocycles. The van der Waals surface area contributed by atoms with E-state index in [1.165, 1.54) is 6.20 Å². The number of hydrogen-bond acceptors (Lipinski definition) is 5. The monoisotopic (exact) mass is 301 g/mol. The smallest absolute Gasteiger partial charge is 0.290 e. The molecule has 0 atom stereocenters. The van der Waals surface area contributed by atoms with Gasteiger partial charge in [0, 0.05) is 12.1 Å². The summed E-state index contributed by atoms with van der Waals surface area (Å²) in [6.45, 7) is 4.97. The molecule has 1 N–H and O–H groups in total. The van der Waals surface area contributed by atoms with E-state index in [1.807, 2.05) is 31.2 Å². The minimum absolute atomic E-state index is 0.0345. The summed E-state index contributed by atoms with van der Waals surface area (Å²) in [6.07, 6.45) is 2.07. The maximum Gasteiger partial charge on any atom is 0.290 e. The van der Waals surface area contributed by atoms with Crippen molar-refractivity contribution in [1.82, 2.24) is 4.98 Å². The van der Waals surface area contributed by atoms with Crippen molar-refractivity contribution in [3.63, 3.8) is 0 Å². The third kappa shape index (κ3) is 3.94. The van der Waals surface area contributed by atoms with Gasteiger partial charge in [-0.3, -0.25) is 10.1 Å². The summed E-state index contributed by atoms with van der Waals surface area (Å²) >= 11 is 0. The lowest BCUT2D eigenvalue weighted by Crippen LogP contribution is -2.08. The molecule has 0 bridgehead atoms. The summed E-state index contributed by atoms with van der Waals surface area (Å²) in [6, 6.07) is 9.59. The molecule has 0 saturated carbocycles. The Morgan fingerprint density at radius 1 is 1.36 bits per heavy atom. The summed E-state index contributed by atoms with van der Waals surface area (Å²) in [5, 5.41) is 13.9. The molecule has 0 spiro atoms. The van der Waals surface area contributed by atoms with E-state index in [1.54, 1.807) is 13.0 Å². The van der Waals surface area contributed by atoms with Gasteiger partial charge in [0.05, 0.1) is 11.5 Å². The number of nitrogens with zero attached hydrogens (tertiary/aromatic N) is 2. The number of anilines is 1. The molecule has 0 aliphatic carbocycles. The van der Waals surface area contributed by atoms with Crippen molar-refractivity contribution in [2.45, 2.75) is 20.3 Å². The van der Waals surface area contributed by atoms with Crippen LogP contribution < -0.4 is 10.1 Å². The van der Waals surface area contributed by atoms with Crippen LogP contribution in [-0.4, -0.2) is 23.1 Å². The third-order valence-corrected chi connectivity index (χ3v) is 3.25. The largest absolute Gasteiger partial charge is 0.494 e. The zero-order valence-corrected chi connectivity index (χ0v) is 12.7. The predicted octanol–water partition coefficient (Wildman–Crippen LogP) is 3.35. The van der Waals surface area contributed by atoms with Crippen LogP contribution in [0.5, 0.6) is 5.75 Å². The summed E-state index contributed by atoms with van der Waals surface area (Å²) in [5.41, 5.74) is 1.75. The van der Waals surface area contributed by atoms with E-state index in [2.05, 4.69) is 10.3 Å². The quantitative estimate of drug-likeness (QED) is 0.627. The van der Waals surface area contributed by atoms with Gasteiger partial charge in [-0.1, -0.05) is 18.2 Å². The SMILES string of the molecule is CCOc1ccccc1CCNc1cc(C)c([N+](=O)[O-])cn1. The van der Waals surface area contributed by atoms with E-state index in [0.29, 0.717) is 24.5 Å². The first-order valence-corrected chi connectivity index (χ1v) is 7.17. The highest BCUT2D eigenvalue weighted by Gasteiger charge is 2.11. The molecule has 6 heteroatoms. The Balaban J connectivity index is 1.97. The van der Waals surface area contributed by atoms with Crippen LogP contribution >= 0.6 is 0 Å².